The number of hydrogen-bond acceptors (Lipinski definition) is 4. The number of benzene rings is 3. The van der Waals surface area contributed by atoms with Gasteiger partial charge >= 0.3 is 0 Å². The van der Waals surface area contributed by atoms with Gasteiger partial charge in [-0.25, -0.2) is 8.42 Å². The number of ether oxygens (including phenoxy) is 1. The quantitative estimate of drug-likeness (QED) is 0.425. The van der Waals surface area contributed by atoms with Crippen LogP contribution in [0.15, 0.2) is 77.7 Å². The lowest BCUT2D eigenvalue weighted by atomic mass is 10.1. The Labute approximate surface area is 200 Å². The van der Waals surface area contributed by atoms with Crippen molar-refractivity contribution in [1.29, 1.82) is 0 Å². The number of halogens is 1. The highest BCUT2D eigenvalue weighted by Gasteiger charge is 2.27. The average molecular weight is 487 g/mol. The van der Waals surface area contributed by atoms with Gasteiger partial charge in [0.1, 0.15) is 12.3 Å². The van der Waals surface area contributed by atoms with Gasteiger partial charge in [-0.2, -0.15) is 0 Å². The van der Waals surface area contributed by atoms with Crippen molar-refractivity contribution in [1.82, 2.24) is 5.32 Å². The summed E-state index contributed by atoms with van der Waals surface area (Å²) in [6.07, 6.45) is 1.42. The zero-order valence-corrected chi connectivity index (χ0v) is 20.2. The highest BCUT2D eigenvalue weighted by Crippen LogP contribution is 2.25. The molecule has 0 saturated heterocycles. The third kappa shape index (κ3) is 6.49. The molecule has 0 unspecified atom stereocenters. The van der Waals surface area contributed by atoms with Crippen LogP contribution in [0.4, 0.5) is 5.69 Å². The Bertz CT molecular complexity index is 1180. The second-order valence-corrected chi connectivity index (χ2v) is 9.87. The Morgan fingerprint density at radius 1 is 1.00 bits per heavy atom. The van der Waals surface area contributed by atoms with Gasteiger partial charge in [0.2, 0.25) is 5.91 Å². The highest BCUT2D eigenvalue weighted by atomic mass is 35.5. The lowest BCUT2D eigenvalue weighted by Crippen LogP contribution is -2.41. The van der Waals surface area contributed by atoms with E-state index in [0.717, 1.165) is 27.6 Å². The Kier molecular flexibility index (Phi) is 8.36. The number of carbonyl (C=O) groups is 1. The van der Waals surface area contributed by atoms with E-state index < -0.39 is 10.0 Å². The van der Waals surface area contributed by atoms with E-state index >= 15 is 0 Å². The Morgan fingerprint density at radius 2 is 1.67 bits per heavy atom. The van der Waals surface area contributed by atoms with Crippen molar-refractivity contribution in [3.8, 4) is 5.75 Å². The smallest absolute Gasteiger partial charge is 0.264 e. The van der Waals surface area contributed by atoms with Gasteiger partial charge in [0.15, 0.2) is 0 Å². The summed E-state index contributed by atoms with van der Waals surface area (Å²) in [4.78, 5) is 12.8. The SMILES string of the molecule is COc1ccccc1CCCNC(=O)CN(c1ccc(Cl)cc1)S(=O)(=O)c1ccc(C)cc1. The molecule has 0 aliphatic heterocycles. The molecule has 0 bridgehead atoms. The predicted molar refractivity (Wildman–Crippen MR) is 131 cm³/mol. The average Bonchev–Trinajstić information content (AvgIpc) is 2.81. The number of nitrogens with one attached hydrogen (secondary N) is 1. The fourth-order valence-electron chi connectivity index (χ4n) is 3.36. The molecule has 3 rings (SSSR count). The predicted octanol–water partition coefficient (Wildman–Crippen LogP) is 4.60. The van der Waals surface area contributed by atoms with Gasteiger partial charge in [0.05, 0.1) is 17.7 Å². The van der Waals surface area contributed by atoms with Crippen LogP contribution in [-0.2, 0) is 21.2 Å². The van der Waals surface area contributed by atoms with Crippen LogP contribution in [0.3, 0.4) is 0 Å². The van der Waals surface area contributed by atoms with E-state index in [1.807, 2.05) is 31.2 Å². The van der Waals surface area contributed by atoms with Crippen LogP contribution in [-0.4, -0.2) is 34.5 Å². The van der Waals surface area contributed by atoms with E-state index in [2.05, 4.69) is 5.32 Å². The summed E-state index contributed by atoms with van der Waals surface area (Å²) >= 11 is 5.97. The van der Waals surface area contributed by atoms with E-state index in [9.17, 15) is 13.2 Å². The molecule has 0 fully saturated rings. The monoisotopic (exact) mass is 486 g/mol. The molecule has 33 heavy (non-hydrogen) atoms. The number of anilines is 1. The zero-order valence-electron chi connectivity index (χ0n) is 18.6. The van der Waals surface area contributed by atoms with Crippen LogP contribution in [0.2, 0.25) is 5.02 Å². The van der Waals surface area contributed by atoms with Gasteiger partial charge in [-0.05, 0) is 67.8 Å². The van der Waals surface area contributed by atoms with Crippen LogP contribution in [0.5, 0.6) is 5.75 Å². The van der Waals surface area contributed by atoms with Crippen molar-refractivity contribution in [2.75, 3.05) is 24.5 Å². The fourth-order valence-corrected chi connectivity index (χ4v) is 4.91. The van der Waals surface area contributed by atoms with Crippen LogP contribution < -0.4 is 14.4 Å². The largest absolute Gasteiger partial charge is 0.496 e. The first-order valence-corrected chi connectivity index (χ1v) is 12.4. The number of sulfonamides is 1. The lowest BCUT2D eigenvalue weighted by Gasteiger charge is -2.24. The number of para-hydroxylation sites is 1. The first-order chi connectivity index (χ1) is 15.8. The number of amides is 1. The molecule has 1 amide bonds. The molecule has 3 aromatic rings. The lowest BCUT2D eigenvalue weighted by molar-refractivity contribution is -0.119. The van der Waals surface area contributed by atoms with Crippen LogP contribution in [0, 0.1) is 6.92 Å². The fraction of sp³-hybridized carbons (Fsp3) is 0.240. The van der Waals surface area contributed by atoms with E-state index in [1.165, 1.54) is 0 Å². The van der Waals surface area contributed by atoms with Crippen LogP contribution >= 0.6 is 11.6 Å². The van der Waals surface area contributed by atoms with E-state index in [1.54, 1.807) is 55.6 Å². The van der Waals surface area contributed by atoms with Crippen molar-refractivity contribution in [2.24, 2.45) is 0 Å². The maximum Gasteiger partial charge on any atom is 0.264 e. The first-order valence-electron chi connectivity index (χ1n) is 10.5. The number of aryl methyl sites for hydroxylation is 2. The van der Waals surface area contributed by atoms with Gasteiger partial charge in [-0.3, -0.25) is 9.10 Å². The molecule has 0 atom stereocenters. The molecule has 0 spiro atoms. The minimum atomic E-state index is -3.95. The first kappa shape index (κ1) is 24.6. The normalized spacial score (nSPS) is 11.1. The Balaban J connectivity index is 1.70. The second kappa shape index (κ2) is 11.2. The van der Waals surface area contributed by atoms with Gasteiger partial charge in [-0.15, -0.1) is 0 Å². The highest BCUT2D eigenvalue weighted by molar-refractivity contribution is 7.92. The molecule has 6 nitrogen and oxygen atoms in total. The molecule has 174 valence electrons. The van der Waals surface area contributed by atoms with E-state index in [0.29, 0.717) is 23.7 Å². The minimum Gasteiger partial charge on any atom is -0.496 e. The van der Waals surface area contributed by atoms with Crippen molar-refractivity contribution in [2.45, 2.75) is 24.7 Å². The van der Waals surface area contributed by atoms with E-state index in [-0.39, 0.29) is 17.3 Å². The number of methoxy groups -OCH3 is 1. The maximum absolute atomic E-state index is 13.3. The van der Waals surface area contributed by atoms with Crippen molar-refractivity contribution < 1.29 is 17.9 Å². The summed E-state index contributed by atoms with van der Waals surface area (Å²) in [6, 6.07) is 20.6. The molecule has 8 heteroatoms. The summed E-state index contributed by atoms with van der Waals surface area (Å²) in [5.74, 6) is 0.419. The summed E-state index contributed by atoms with van der Waals surface area (Å²) in [7, 11) is -2.32. The Morgan fingerprint density at radius 3 is 2.33 bits per heavy atom. The number of nitrogens with zero attached hydrogens (tertiary/aromatic N) is 1. The molecule has 0 aliphatic carbocycles. The molecule has 0 heterocycles. The van der Waals surface area contributed by atoms with Gasteiger partial charge < -0.3 is 10.1 Å². The standard InChI is InChI=1S/C25H27ClN2O4S/c1-19-9-15-23(16-10-19)33(30,31)28(22-13-11-21(26)12-14-22)18-25(29)27-17-5-7-20-6-3-4-8-24(20)32-2/h3-4,6,8-16H,5,7,17-18H2,1-2H3,(H,27,29). The molecular formula is C25H27ClN2O4S. The maximum atomic E-state index is 13.3. The van der Waals surface area contributed by atoms with E-state index in [4.69, 9.17) is 16.3 Å². The zero-order chi connectivity index (χ0) is 23.8. The number of carbonyl (C=O) groups excluding carboxylic acids is 1. The number of hydrogen-bond donors (Lipinski definition) is 1. The van der Waals surface area contributed by atoms with Crippen molar-refractivity contribution in [3.05, 3.63) is 88.9 Å². The third-order valence-corrected chi connectivity index (χ3v) is 7.19. The van der Waals surface area contributed by atoms with Crippen molar-refractivity contribution in [3.63, 3.8) is 0 Å². The van der Waals surface area contributed by atoms with Crippen molar-refractivity contribution >= 4 is 33.2 Å². The topological polar surface area (TPSA) is 75.7 Å². The third-order valence-electron chi connectivity index (χ3n) is 5.15. The molecule has 0 aliphatic rings. The Hall–Kier alpha value is -3.03. The molecular weight excluding hydrogens is 460 g/mol. The van der Waals surface area contributed by atoms with Gasteiger partial charge in [0, 0.05) is 11.6 Å². The van der Waals surface area contributed by atoms with Gasteiger partial charge in [-0.1, -0.05) is 47.5 Å². The minimum absolute atomic E-state index is 0.118. The summed E-state index contributed by atoms with van der Waals surface area (Å²) in [5.41, 5.74) is 2.36. The second-order valence-electron chi connectivity index (χ2n) is 7.57. The molecule has 1 N–H and O–H groups in total. The van der Waals surface area contributed by atoms with Gasteiger partial charge in [0.25, 0.3) is 10.0 Å². The van der Waals surface area contributed by atoms with Crippen LogP contribution in [0.25, 0.3) is 0 Å². The molecule has 3 aromatic carbocycles. The number of rotatable bonds is 10. The summed E-state index contributed by atoms with van der Waals surface area (Å²) in [6.45, 7) is 1.95. The molecule has 0 radical (unpaired) electrons. The summed E-state index contributed by atoms with van der Waals surface area (Å²) in [5, 5.41) is 3.30. The molecule has 0 saturated carbocycles. The molecule has 0 aromatic heterocycles. The van der Waals surface area contributed by atoms with Crippen LogP contribution in [0.1, 0.15) is 17.5 Å². The summed E-state index contributed by atoms with van der Waals surface area (Å²) < 4.78 is 33.1.